The van der Waals surface area contributed by atoms with E-state index in [0.29, 0.717) is 18.9 Å². The van der Waals surface area contributed by atoms with Crippen molar-refractivity contribution in [3.05, 3.63) is 41.7 Å². The molecular formula is C19H30ClN5OS. The molecule has 6 nitrogen and oxygen atoms in total. The van der Waals surface area contributed by atoms with E-state index in [4.69, 9.17) is 5.73 Å². The van der Waals surface area contributed by atoms with Gasteiger partial charge in [0.25, 0.3) is 0 Å². The van der Waals surface area contributed by atoms with Crippen molar-refractivity contribution in [2.45, 2.75) is 50.9 Å². The first-order valence-electron chi connectivity index (χ1n) is 9.04. The van der Waals surface area contributed by atoms with Gasteiger partial charge in [-0.15, -0.1) is 22.6 Å². The Labute approximate surface area is 172 Å². The molecule has 1 amide bonds. The average Bonchev–Trinajstić information content (AvgIpc) is 3.00. The zero-order chi connectivity index (χ0) is 18.9. The van der Waals surface area contributed by atoms with Crippen molar-refractivity contribution >= 4 is 30.1 Å². The van der Waals surface area contributed by atoms with Crippen LogP contribution in [-0.4, -0.2) is 33.5 Å². The van der Waals surface area contributed by atoms with Gasteiger partial charge in [-0.25, -0.2) is 0 Å². The number of thioether (sulfide) groups is 1. The molecule has 0 aliphatic heterocycles. The predicted molar refractivity (Wildman–Crippen MR) is 113 cm³/mol. The molecule has 1 aromatic heterocycles. The number of halogens is 1. The Hall–Kier alpha value is -1.57. The van der Waals surface area contributed by atoms with Crippen molar-refractivity contribution in [1.29, 1.82) is 0 Å². The van der Waals surface area contributed by atoms with E-state index >= 15 is 0 Å². The Morgan fingerprint density at radius 2 is 1.96 bits per heavy atom. The Morgan fingerprint density at radius 1 is 1.26 bits per heavy atom. The first-order chi connectivity index (χ1) is 12.5. The number of benzene rings is 1. The lowest BCUT2D eigenvalue weighted by Gasteiger charge is -2.13. The maximum absolute atomic E-state index is 12.1. The second-order valence-electron chi connectivity index (χ2n) is 6.78. The van der Waals surface area contributed by atoms with Crippen LogP contribution in [0.15, 0.2) is 35.5 Å². The third-order valence-corrected chi connectivity index (χ3v) is 4.72. The number of aromatic nitrogens is 3. The fourth-order valence-corrected chi connectivity index (χ4v) is 3.29. The maximum atomic E-state index is 12.1. The lowest BCUT2D eigenvalue weighted by atomic mass is 10.0. The van der Waals surface area contributed by atoms with Gasteiger partial charge in [-0.3, -0.25) is 4.79 Å². The summed E-state index contributed by atoms with van der Waals surface area (Å²) in [6.45, 7) is 5.90. The molecule has 0 saturated carbocycles. The van der Waals surface area contributed by atoms with Crippen molar-refractivity contribution in [3.63, 3.8) is 0 Å². The van der Waals surface area contributed by atoms with Crippen molar-refractivity contribution in [3.8, 4) is 0 Å². The summed E-state index contributed by atoms with van der Waals surface area (Å²) in [5.41, 5.74) is 7.07. The molecule has 3 N–H and O–H groups in total. The van der Waals surface area contributed by atoms with E-state index in [-0.39, 0.29) is 24.4 Å². The zero-order valence-electron chi connectivity index (χ0n) is 16.2. The van der Waals surface area contributed by atoms with E-state index in [2.05, 4.69) is 33.9 Å². The van der Waals surface area contributed by atoms with E-state index in [1.807, 2.05) is 36.6 Å². The molecule has 1 aromatic carbocycles. The molecule has 2 aromatic rings. The number of nitrogens with zero attached hydrogens (tertiary/aromatic N) is 3. The van der Waals surface area contributed by atoms with Crippen LogP contribution in [0.2, 0.25) is 0 Å². The molecule has 1 unspecified atom stereocenters. The number of hydrogen-bond acceptors (Lipinski definition) is 5. The monoisotopic (exact) mass is 411 g/mol. The van der Waals surface area contributed by atoms with Gasteiger partial charge < -0.3 is 15.6 Å². The first kappa shape index (κ1) is 23.5. The van der Waals surface area contributed by atoms with Gasteiger partial charge in [0.05, 0.1) is 0 Å². The van der Waals surface area contributed by atoms with Crippen molar-refractivity contribution in [2.75, 3.05) is 12.8 Å². The Balaban J connectivity index is 0.00000364. The molecule has 1 atom stereocenters. The highest BCUT2D eigenvalue weighted by atomic mass is 35.5. The Morgan fingerprint density at radius 3 is 2.59 bits per heavy atom. The van der Waals surface area contributed by atoms with Crippen LogP contribution in [0.1, 0.15) is 44.1 Å². The molecule has 0 spiro atoms. The molecule has 0 fully saturated rings. The number of rotatable bonds is 10. The summed E-state index contributed by atoms with van der Waals surface area (Å²) in [7, 11) is 0. The van der Waals surface area contributed by atoms with Gasteiger partial charge in [-0.05, 0) is 24.2 Å². The molecule has 8 heteroatoms. The van der Waals surface area contributed by atoms with E-state index in [9.17, 15) is 4.79 Å². The van der Waals surface area contributed by atoms with E-state index in [1.165, 1.54) is 0 Å². The minimum atomic E-state index is -0.269. The quantitative estimate of drug-likeness (QED) is 0.463. The van der Waals surface area contributed by atoms with Crippen LogP contribution in [0, 0.1) is 5.92 Å². The highest BCUT2D eigenvalue weighted by molar-refractivity contribution is 7.98. The van der Waals surface area contributed by atoms with Gasteiger partial charge in [0, 0.05) is 32.0 Å². The van der Waals surface area contributed by atoms with Gasteiger partial charge in [0.2, 0.25) is 5.91 Å². The fraction of sp³-hybridized carbons (Fsp3) is 0.526. The molecular weight excluding hydrogens is 382 g/mol. The first-order valence-corrected chi connectivity index (χ1v) is 10.3. The van der Waals surface area contributed by atoms with Crippen LogP contribution in [0.5, 0.6) is 0 Å². The van der Waals surface area contributed by atoms with Crippen LogP contribution in [0.3, 0.4) is 0 Å². The van der Waals surface area contributed by atoms with Crippen LogP contribution in [0.4, 0.5) is 0 Å². The van der Waals surface area contributed by atoms with Crippen molar-refractivity contribution < 1.29 is 4.79 Å². The number of amides is 1. The largest absolute Gasteiger partial charge is 0.356 e. The number of aryl methyl sites for hydroxylation is 1. The Kier molecular flexibility index (Phi) is 10.4. The molecule has 0 radical (unpaired) electrons. The summed E-state index contributed by atoms with van der Waals surface area (Å²) < 4.78 is 2.18. The van der Waals surface area contributed by atoms with Crippen molar-refractivity contribution in [2.24, 2.45) is 11.7 Å². The average molecular weight is 412 g/mol. The third kappa shape index (κ3) is 7.52. The molecule has 27 heavy (non-hydrogen) atoms. The summed E-state index contributed by atoms with van der Waals surface area (Å²) in [4.78, 5) is 12.1. The molecule has 0 bridgehead atoms. The van der Waals surface area contributed by atoms with E-state index in [0.717, 1.165) is 35.9 Å². The van der Waals surface area contributed by atoms with Gasteiger partial charge in [-0.2, -0.15) is 0 Å². The van der Waals surface area contributed by atoms with Gasteiger partial charge >= 0.3 is 0 Å². The lowest BCUT2D eigenvalue weighted by molar-refractivity contribution is -0.121. The highest BCUT2D eigenvalue weighted by Gasteiger charge is 2.13. The van der Waals surface area contributed by atoms with E-state index < -0.39 is 0 Å². The topological polar surface area (TPSA) is 85.8 Å². The maximum Gasteiger partial charge on any atom is 0.221 e. The molecule has 0 aliphatic carbocycles. The lowest BCUT2D eigenvalue weighted by Crippen LogP contribution is -2.28. The second-order valence-corrected chi connectivity index (χ2v) is 7.56. The minimum absolute atomic E-state index is 0. The third-order valence-electron chi connectivity index (χ3n) is 4.06. The SMILES string of the molecule is CSc1nnc(CCCNC(=O)CC(N)c2ccccc2)n1CC(C)C.Cl. The molecule has 0 saturated heterocycles. The highest BCUT2D eigenvalue weighted by Crippen LogP contribution is 2.17. The number of nitrogens with one attached hydrogen (secondary N) is 1. The summed E-state index contributed by atoms with van der Waals surface area (Å²) >= 11 is 1.61. The van der Waals surface area contributed by atoms with Gasteiger partial charge in [0.1, 0.15) is 5.82 Å². The van der Waals surface area contributed by atoms with Crippen LogP contribution >= 0.6 is 24.2 Å². The number of hydrogen-bond donors (Lipinski definition) is 2. The number of carbonyl (C=O) groups excluding carboxylic acids is 1. The van der Waals surface area contributed by atoms with Crippen molar-refractivity contribution in [1.82, 2.24) is 20.1 Å². The minimum Gasteiger partial charge on any atom is -0.356 e. The molecule has 150 valence electrons. The van der Waals surface area contributed by atoms with E-state index in [1.54, 1.807) is 11.8 Å². The van der Waals surface area contributed by atoms with Crippen LogP contribution < -0.4 is 11.1 Å². The predicted octanol–water partition coefficient (Wildman–Crippen LogP) is 3.22. The number of nitrogens with two attached hydrogens (primary N) is 1. The van der Waals surface area contributed by atoms with Crippen LogP contribution in [-0.2, 0) is 17.8 Å². The Bertz CT molecular complexity index is 693. The van der Waals surface area contributed by atoms with Crippen LogP contribution in [0.25, 0.3) is 0 Å². The smallest absolute Gasteiger partial charge is 0.221 e. The molecule has 1 heterocycles. The summed E-state index contributed by atoms with van der Waals surface area (Å²) in [6, 6.07) is 9.43. The summed E-state index contributed by atoms with van der Waals surface area (Å²) in [5.74, 6) is 1.50. The fourth-order valence-electron chi connectivity index (χ4n) is 2.77. The summed E-state index contributed by atoms with van der Waals surface area (Å²) in [5, 5.41) is 12.5. The zero-order valence-corrected chi connectivity index (χ0v) is 17.9. The standard InChI is InChI=1S/C19H29N5OS.ClH/c1-14(2)13-24-17(22-23-19(24)26-3)10-7-11-21-18(25)12-16(20)15-8-5-4-6-9-15;/h4-6,8-9,14,16H,7,10-13,20H2,1-3H3,(H,21,25);1H. The molecule has 0 aliphatic rings. The summed E-state index contributed by atoms with van der Waals surface area (Å²) in [6.07, 6.45) is 3.94. The van der Waals surface area contributed by atoms with Gasteiger partial charge in [-0.1, -0.05) is 55.9 Å². The van der Waals surface area contributed by atoms with Gasteiger partial charge in [0.15, 0.2) is 5.16 Å². The number of carbonyl (C=O) groups is 1. The second kappa shape index (κ2) is 12.0. The normalized spacial score (nSPS) is 11.9. The molecule has 2 rings (SSSR count).